The molecule has 9 heteroatoms. The van der Waals surface area contributed by atoms with Crippen LogP contribution in [0, 0.1) is 12.8 Å². The average Bonchev–Trinajstić information content (AvgIpc) is 3.23. The zero-order chi connectivity index (χ0) is 24.7. The van der Waals surface area contributed by atoms with Gasteiger partial charge in [-0.05, 0) is 36.1 Å². The lowest BCUT2D eigenvalue weighted by Crippen LogP contribution is -2.42. The highest BCUT2D eigenvalue weighted by Crippen LogP contribution is 2.33. The molecular formula is C26H27N5O4. The Balaban J connectivity index is 1.55. The second-order valence-corrected chi connectivity index (χ2v) is 9.13. The van der Waals surface area contributed by atoms with Crippen molar-refractivity contribution in [2.45, 2.75) is 33.5 Å². The van der Waals surface area contributed by atoms with Gasteiger partial charge in [-0.1, -0.05) is 49.4 Å². The number of aryl methyl sites for hydroxylation is 2. The predicted molar refractivity (Wildman–Crippen MR) is 133 cm³/mol. The Hall–Kier alpha value is -4.14. The number of hydrogen-bond donors (Lipinski definition) is 0. The van der Waals surface area contributed by atoms with Crippen LogP contribution in [0.25, 0.3) is 11.2 Å². The van der Waals surface area contributed by atoms with Gasteiger partial charge in [0.1, 0.15) is 13.2 Å². The SMILES string of the molecule is Cc1cccc(N2C[C@H](C)Cn3c2nc2c3c(=O)n(CC(=O)OCc3ccccc3)c(=O)n2C)c1. The second-order valence-electron chi connectivity index (χ2n) is 9.13. The van der Waals surface area contributed by atoms with Crippen LogP contribution in [0.15, 0.2) is 64.2 Å². The minimum atomic E-state index is -0.652. The summed E-state index contributed by atoms with van der Waals surface area (Å²) in [6, 6.07) is 17.3. The van der Waals surface area contributed by atoms with Crippen molar-refractivity contribution in [3.63, 3.8) is 0 Å². The number of carbonyl (C=O) groups excluding carboxylic acids is 1. The molecule has 0 bridgehead atoms. The largest absolute Gasteiger partial charge is 0.459 e. The highest BCUT2D eigenvalue weighted by atomic mass is 16.5. The highest BCUT2D eigenvalue weighted by molar-refractivity contribution is 5.77. The van der Waals surface area contributed by atoms with Gasteiger partial charge in [-0.3, -0.25) is 14.2 Å². The van der Waals surface area contributed by atoms with Gasteiger partial charge < -0.3 is 14.2 Å². The van der Waals surface area contributed by atoms with Crippen molar-refractivity contribution >= 4 is 28.8 Å². The number of nitrogens with zero attached hydrogens (tertiary/aromatic N) is 5. The first-order chi connectivity index (χ1) is 16.8. The quantitative estimate of drug-likeness (QED) is 0.414. The summed E-state index contributed by atoms with van der Waals surface area (Å²) >= 11 is 0. The molecule has 0 spiro atoms. The monoisotopic (exact) mass is 473 g/mol. The van der Waals surface area contributed by atoms with Crippen molar-refractivity contribution in [1.29, 1.82) is 0 Å². The van der Waals surface area contributed by atoms with Crippen molar-refractivity contribution in [3.8, 4) is 0 Å². The Morgan fingerprint density at radius 3 is 2.60 bits per heavy atom. The van der Waals surface area contributed by atoms with E-state index in [1.807, 2.05) is 60.0 Å². The maximum absolute atomic E-state index is 13.5. The number of ether oxygens (including phenoxy) is 1. The van der Waals surface area contributed by atoms with E-state index >= 15 is 0 Å². The molecule has 0 unspecified atom stereocenters. The maximum Gasteiger partial charge on any atom is 0.333 e. The molecule has 1 aliphatic rings. The molecule has 0 radical (unpaired) electrons. The predicted octanol–water partition coefficient (Wildman–Crippen LogP) is 2.74. The number of esters is 1. The van der Waals surface area contributed by atoms with E-state index < -0.39 is 23.8 Å². The molecule has 1 aliphatic heterocycles. The summed E-state index contributed by atoms with van der Waals surface area (Å²) in [5.74, 6) is 0.196. The van der Waals surface area contributed by atoms with Gasteiger partial charge in [-0.15, -0.1) is 0 Å². The number of aromatic nitrogens is 4. The molecule has 5 rings (SSSR count). The van der Waals surface area contributed by atoms with E-state index in [4.69, 9.17) is 9.72 Å². The molecule has 0 amide bonds. The van der Waals surface area contributed by atoms with Crippen LogP contribution in [-0.2, 0) is 36.3 Å². The summed E-state index contributed by atoms with van der Waals surface area (Å²) < 4.78 is 9.43. The number of rotatable bonds is 5. The summed E-state index contributed by atoms with van der Waals surface area (Å²) in [5, 5.41) is 0. The highest BCUT2D eigenvalue weighted by Gasteiger charge is 2.30. The van der Waals surface area contributed by atoms with Gasteiger partial charge in [0.2, 0.25) is 5.95 Å². The minimum absolute atomic E-state index is 0.0715. The Kier molecular flexibility index (Phi) is 5.76. The van der Waals surface area contributed by atoms with E-state index in [1.54, 1.807) is 7.05 Å². The lowest BCUT2D eigenvalue weighted by Gasteiger charge is -2.33. The Morgan fingerprint density at radius 1 is 1.09 bits per heavy atom. The molecule has 1 atom stereocenters. The third kappa shape index (κ3) is 4.14. The van der Waals surface area contributed by atoms with Crippen LogP contribution in [0.5, 0.6) is 0 Å². The molecule has 35 heavy (non-hydrogen) atoms. The van der Waals surface area contributed by atoms with Gasteiger partial charge in [0, 0.05) is 25.8 Å². The number of hydrogen-bond acceptors (Lipinski definition) is 6. The molecule has 0 saturated heterocycles. The number of benzene rings is 2. The molecule has 180 valence electrons. The van der Waals surface area contributed by atoms with E-state index in [1.165, 1.54) is 4.57 Å². The fraction of sp³-hybridized carbons (Fsp3) is 0.308. The first-order valence-electron chi connectivity index (χ1n) is 11.6. The van der Waals surface area contributed by atoms with Crippen molar-refractivity contribution in [2.75, 3.05) is 11.4 Å². The number of imidazole rings is 1. The Bertz CT molecular complexity index is 1530. The molecule has 2 aromatic heterocycles. The van der Waals surface area contributed by atoms with Crippen molar-refractivity contribution in [3.05, 3.63) is 86.6 Å². The third-order valence-electron chi connectivity index (χ3n) is 6.29. The summed E-state index contributed by atoms with van der Waals surface area (Å²) in [7, 11) is 1.56. The topological polar surface area (TPSA) is 91.4 Å². The van der Waals surface area contributed by atoms with Crippen LogP contribution in [0.4, 0.5) is 11.6 Å². The van der Waals surface area contributed by atoms with Gasteiger partial charge in [-0.2, -0.15) is 4.98 Å². The van der Waals surface area contributed by atoms with Gasteiger partial charge in [0.25, 0.3) is 5.56 Å². The Labute approximate surface area is 201 Å². The number of fused-ring (bicyclic) bond motifs is 3. The van der Waals surface area contributed by atoms with Crippen LogP contribution in [0.1, 0.15) is 18.1 Å². The summed E-state index contributed by atoms with van der Waals surface area (Å²) in [4.78, 5) is 45.9. The normalized spacial score (nSPS) is 15.3. The lowest BCUT2D eigenvalue weighted by molar-refractivity contribution is -0.145. The van der Waals surface area contributed by atoms with Gasteiger partial charge in [0.05, 0.1) is 0 Å². The van der Waals surface area contributed by atoms with E-state index in [0.717, 1.165) is 27.9 Å². The molecule has 0 aliphatic carbocycles. The fourth-order valence-electron chi connectivity index (χ4n) is 4.57. The van der Waals surface area contributed by atoms with Crippen LogP contribution >= 0.6 is 0 Å². The van der Waals surface area contributed by atoms with Gasteiger partial charge in [0.15, 0.2) is 11.2 Å². The molecule has 0 N–H and O–H groups in total. The first kappa shape index (κ1) is 22.6. The van der Waals surface area contributed by atoms with E-state index in [0.29, 0.717) is 23.7 Å². The van der Waals surface area contributed by atoms with E-state index in [9.17, 15) is 14.4 Å². The van der Waals surface area contributed by atoms with Crippen molar-refractivity contribution < 1.29 is 9.53 Å². The molecule has 3 heterocycles. The average molecular weight is 474 g/mol. The van der Waals surface area contributed by atoms with Crippen molar-refractivity contribution in [1.82, 2.24) is 18.7 Å². The molecule has 2 aromatic carbocycles. The van der Waals surface area contributed by atoms with Crippen LogP contribution in [0.3, 0.4) is 0 Å². The molecule has 4 aromatic rings. The molecular weight excluding hydrogens is 446 g/mol. The zero-order valence-electron chi connectivity index (χ0n) is 20.0. The summed E-state index contributed by atoms with van der Waals surface area (Å²) in [6.45, 7) is 5.06. The smallest absolute Gasteiger partial charge is 0.333 e. The molecule has 0 saturated carbocycles. The van der Waals surface area contributed by atoms with Crippen LogP contribution < -0.4 is 16.1 Å². The molecule has 9 nitrogen and oxygen atoms in total. The minimum Gasteiger partial charge on any atom is -0.459 e. The summed E-state index contributed by atoms with van der Waals surface area (Å²) in [6.07, 6.45) is 0. The van der Waals surface area contributed by atoms with Gasteiger partial charge in [-0.25, -0.2) is 9.36 Å². The van der Waals surface area contributed by atoms with Crippen molar-refractivity contribution in [2.24, 2.45) is 13.0 Å². The third-order valence-corrected chi connectivity index (χ3v) is 6.29. The van der Waals surface area contributed by atoms with E-state index in [2.05, 4.69) is 17.9 Å². The number of carbonyl (C=O) groups is 1. The second kappa shape index (κ2) is 8.90. The van der Waals surface area contributed by atoms with Crippen LogP contribution in [0.2, 0.25) is 0 Å². The standard InChI is InChI=1S/C26H27N5O4/c1-17-8-7-11-20(12-17)29-13-18(2)14-30-22-23(27-25(29)30)28(3)26(34)31(24(22)33)15-21(32)35-16-19-9-5-4-6-10-19/h4-12,18H,13-16H2,1-3H3/t18-/m0/s1. The lowest BCUT2D eigenvalue weighted by atomic mass is 10.1. The fourth-order valence-corrected chi connectivity index (χ4v) is 4.57. The molecule has 0 fully saturated rings. The first-order valence-corrected chi connectivity index (χ1v) is 11.6. The Morgan fingerprint density at radius 2 is 1.86 bits per heavy atom. The van der Waals surface area contributed by atoms with Crippen LogP contribution in [-0.4, -0.2) is 31.2 Å². The van der Waals surface area contributed by atoms with Gasteiger partial charge >= 0.3 is 11.7 Å². The zero-order valence-corrected chi connectivity index (χ0v) is 20.0. The van der Waals surface area contributed by atoms with E-state index in [-0.39, 0.29) is 12.5 Å². The summed E-state index contributed by atoms with van der Waals surface area (Å²) in [5.41, 5.74) is 2.38. The maximum atomic E-state index is 13.5. The number of anilines is 2.